The molecular weight excluding hydrogens is 730 g/mol. The molecule has 0 unspecified atom stereocenters. The van der Waals surface area contributed by atoms with E-state index in [0.29, 0.717) is 132 Å². The summed E-state index contributed by atoms with van der Waals surface area (Å²) in [5, 5.41) is 8.36. The van der Waals surface area contributed by atoms with Crippen LogP contribution in [0.2, 0.25) is 0 Å². The molecule has 55 heavy (non-hydrogen) atoms. The maximum atomic E-state index is 12.5. The van der Waals surface area contributed by atoms with Crippen LogP contribution in [0.25, 0.3) is 0 Å². The molecule has 0 fully saturated rings. The van der Waals surface area contributed by atoms with E-state index in [2.05, 4.69) is 16.0 Å². The summed E-state index contributed by atoms with van der Waals surface area (Å²) in [5.74, 6) is -0.746. The van der Waals surface area contributed by atoms with Crippen molar-refractivity contribution in [3.05, 3.63) is 0 Å². The van der Waals surface area contributed by atoms with Gasteiger partial charge in [-0.25, -0.2) is 0 Å². The molecule has 0 aromatic heterocycles. The Hall–Kier alpha value is -2.11. The second kappa shape index (κ2) is 44.6. The number of nitrogens with one attached hydrogen (secondary N) is 3. The van der Waals surface area contributed by atoms with Crippen LogP contribution in [-0.4, -0.2) is 210 Å². The smallest absolute Gasteiger partial charge is 0.246 e. The third-order valence-electron chi connectivity index (χ3n) is 6.76. The Morgan fingerprint density at radius 2 is 0.745 bits per heavy atom. The Balaban J connectivity index is 4.23. The van der Waals surface area contributed by atoms with Crippen LogP contribution in [0.15, 0.2) is 0 Å². The van der Waals surface area contributed by atoms with Crippen molar-refractivity contribution >= 4 is 17.7 Å². The van der Waals surface area contributed by atoms with Gasteiger partial charge in [-0.1, -0.05) is 6.92 Å². The van der Waals surface area contributed by atoms with Gasteiger partial charge in [0.25, 0.3) is 0 Å². The molecular formula is C36H71N3O16. The van der Waals surface area contributed by atoms with Gasteiger partial charge in [-0.15, -0.1) is 0 Å². The van der Waals surface area contributed by atoms with Crippen LogP contribution in [0.1, 0.15) is 26.2 Å². The first-order valence-corrected chi connectivity index (χ1v) is 19.2. The minimum absolute atomic E-state index is 0.0918. The molecule has 0 radical (unpaired) electrons. The highest BCUT2D eigenvalue weighted by Gasteiger charge is 2.14. The molecule has 0 rings (SSSR count). The lowest BCUT2D eigenvalue weighted by Gasteiger charge is -2.19. The molecule has 19 nitrogen and oxygen atoms in total. The Bertz CT molecular complexity index is 801. The molecule has 0 heterocycles. The monoisotopic (exact) mass is 801 g/mol. The summed E-state index contributed by atoms with van der Waals surface area (Å²) in [6.07, 6.45) is 1.20. The highest BCUT2D eigenvalue weighted by Crippen LogP contribution is 1.95. The summed E-state index contributed by atoms with van der Waals surface area (Å²) < 4.78 is 69.7. The second-order valence-electron chi connectivity index (χ2n) is 11.6. The van der Waals surface area contributed by atoms with Crippen LogP contribution in [-0.2, 0) is 76.0 Å². The SMILES string of the molecule is CCCOCCOCCOCC(=O)NC(COCCC(=O)NCCOCCOCCOCCOC)COCCC(=O)NCCOCCOCCOCCOC. The summed E-state index contributed by atoms with van der Waals surface area (Å²) in [6, 6.07) is -0.533. The van der Waals surface area contributed by atoms with Crippen molar-refractivity contribution in [3.63, 3.8) is 0 Å². The number of hydrogen-bond acceptors (Lipinski definition) is 16. The van der Waals surface area contributed by atoms with Gasteiger partial charge in [0.2, 0.25) is 17.7 Å². The first-order valence-electron chi connectivity index (χ1n) is 19.2. The normalized spacial score (nSPS) is 11.3. The lowest BCUT2D eigenvalue weighted by Crippen LogP contribution is -2.43. The molecule has 0 saturated carbocycles. The minimum atomic E-state index is -0.533. The van der Waals surface area contributed by atoms with Gasteiger partial charge in [0, 0.05) is 46.8 Å². The van der Waals surface area contributed by atoms with E-state index in [-0.39, 0.29) is 70.2 Å². The van der Waals surface area contributed by atoms with Gasteiger partial charge in [-0.3, -0.25) is 14.4 Å². The molecule has 0 spiro atoms. The Labute approximate surface area is 327 Å². The number of ether oxygens (including phenoxy) is 13. The van der Waals surface area contributed by atoms with Crippen molar-refractivity contribution in [1.82, 2.24) is 16.0 Å². The van der Waals surface area contributed by atoms with Crippen molar-refractivity contribution in [1.29, 1.82) is 0 Å². The lowest BCUT2D eigenvalue weighted by molar-refractivity contribution is -0.129. The molecule has 0 bridgehead atoms. The summed E-state index contributed by atoms with van der Waals surface area (Å²) in [5.41, 5.74) is 0. The van der Waals surface area contributed by atoms with E-state index < -0.39 is 6.04 Å². The van der Waals surface area contributed by atoms with Gasteiger partial charge in [-0.2, -0.15) is 0 Å². The zero-order valence-electron chi connectivity index (χ0n) is 33.6. The van der Waals surface area contributed by atoms with Crippen molar-refractivity contribution in [2.45, 2.75) is 32.2 Å². The fourth-order valence-electron chi connectivity index (χ4n) is 4.00. The summed E-state index contributed by atoms with van der Waals surface area (Å²) >= 11 is 0. The molecule has 0 aliphatic heterocycles. The van der Waals surface area contributed by atoms with E-state index in [1.165, 1.54) is 0 Å². The highest BCUT2D eigenvalue weighted by molar-refractivity contribution is 5.77. The summed E-state index contributed by atoms with van der Waals surface area (Å²) in [4.78, 5) is 36.9. The molecule has 19 heteroatoms. The number of carbonyl (C=O) groups is 3. The van der Waals surface area contributed by atoms with E-state index in [0.717, 1.165) is 6.42 Å². The number of hydrogen-bond donors (Lipinski definition) is 3. The summed E-state index contributed by atoms with van der Waals surface area (Å²) in [6.45, 7) is 11.7. The molecule has 3 N–H and O–H groups in total. The quantitative estimate of drug-likeness (QED) is 0.0656. The zero-order chi connectivity index (χ0) is 40.1. The van der Waals surface area contributed by atoms with Crippen LogP contribution in [0, 0.1) is 0 Å². The minimum Gasteiger partial charge on any atom is -0.382 e. The molecule has 326 valence electrons. The predicted octanol–water partition coefficient (Wildman–Crippen LogP) is -0.631. The van der Waals surface area contributed by atoms with Gasteiger partial charge >= 0.3 is 0 Å². The zero-order valence-corrected chi connectivity index (χ0v) is 33.6. The van der Waals surface area contributed by atoms with Gasteiger partial charge in [0.15, 0.2) is 0 Å². The number of rotatable bonds is 45. The Kier molecular flexibility index (Phi) is 42.9. The predicted molar refractivity (Wildman–Crippen MR) is 200 cm³/mol. The van der Waals surface area contributed by atoms with Crippen molar-refractivity contribution in [2.24, 2.45) is 0 Å². The largest absolute Gasteiger partial charge is 0.382 e. The van der Waals surface area contributed by atoms with Gasteiger partial charge in [-0.05, 0) is 6.42 Å². The van der Waals surface area contributed by atoms with Gasteiger partial charge < -0.3 is 77.5 Å². The number of amides is 3. The fourth-order valence-corrected chi connectivity index (χ4v) is 4.00. The third kappa shape index (κ3) is 42.9. The average Bonchev–Trinajstić information content (AvgIpc) is 3.18. The van der Waals surface area contributed by atoms with Crippen LogP contribution < -0.4 is 16.0 Å². The van der Waals surface area contributed by atoms with E-state index in [1.54, 1.807) is 14.2 Å². The molecule has 0 aromatic carbocycles. The molecule has 0 aromatic rings. The van der Waals surface area contributed by atoms with Crippen LogP contribution in [0.4, 0.5) is 0 Å². The van der Waals surface area contributed by atoms with E-state index in [9.17, 15) is 14.4 Å². The van der Waals surface area contributed by atoms with Crippen LogP contribution in [0.3, 0.4) is 0 Å². The first-order chi connectivity index (χ1) is 27.0. The molecule has 0 aliphatic carbocycles. The Morgan fingerprint density at radius 1 is 0.400 bits per heavy atom. The fraction of sp³-hybridized carbons (Fsp3) is 0.917. The van der Waals surface area contributed by atoms with Crippen molar-refractivity contribution < 1.29 is 76.0 Å². The average molecular weight is 802 g/mol. The van der Waals surface area contributed by atoms with Gasteiger partial charge in [0.05, 0.1) is 151 Å². The molecule has 0 aliphatic rings. The number of methoxy groups -OCH3 is 2. The molecule has 3 amide bonds. The summed E-state index contributed by atoms with van der Waals surface area (Å²) in [7, 11) is 3.24. The third-order valence-corrected chi connectivity index (χ3v) is 6.76. The standard InChI is InChI=1S/C36H71N3O16/c1-4-9-45-18-21-52-28-29-55-32-36(42)39-33(30-53-10-5-34(40)37-7-12-46-19-22-50-26-24-48-16-14-43-2)31-54-11-6-35(41)38-8-13-47-20-23-51-27-25-49-17-15-44-3/h33H,4-32H2,1-3H3,(H,37,40)(H,38,41)(H,39,42). The molecule has 0 saturated heterocycles. The maximum absolute atomic E-state index is 12.5. The van der Waals surface area contributed by atoms with E-state index >= 15 is 0 Å². The maximum Gasteiger partial charge on any atom is 0.246 e. The van der Waals surface area contributed by atoms with E-state index in [4.69, 9.17) is 61.6 Å². The lowest BCUT2D eigenvalue weighted by atomic mass is 10.3. The molecule has 0 atom stereocenters. The van der Waals surface area contributed by atoms with E-state index in [1.807, 2.05) is 6.92 Å². The van der Waals surface area contributed by atoms with Crippen LogP contribution in [0.5, 0.6) is 0 Å². The van der Waals surface area contributed by atoms with Crippen molar-refractivity contribution in [2.75, 3.05) is 186 Å². The van der Waals surface area contributed by atoms with Crippen LogP contribution >= 0.6 is 0 Å². The van der Waals surface area contributed by atoms with Crippen molar-refractivity contribution in [3.8, 4) is 0 Å². The highest BCUT2D eigenvalue weighted by atomic mass is 16.6. The first kappa shape index (κ1) is 52.9. The Morgan fingerprint density at radius 3 is 1.13 bits per heavy atom. The second-order valence-corrected chi connectivity index (χ2v) is 11.6. The topological polar surface area (TPSA) is 207 Å². The number of carbonyl (C=O) groups excluding carboxylic acids is 3. The van der Waals surface area contributed by atoms with Gasteiger partial charge in [0.1, 0.15) is 6.61 Å².